The highest BCUT2D eigenvalue weighted by molar-refractivity contribution is 7.89. The molecule has 0 N–H and O–H groups in total. The summed E-state index contributed by atoms with van der Waals surface area (Å²) in [5.74, 6) is 11.8. The van der Waals surface area contributed by atoms with Crippen molar-refractivity contribution in [1.29, 1.82) is 0 Å². The van der Waals surface area contributed by atoms with E-state index < -0.39 is 10.0 Å². The van der Waals surface area contributed by atoms with Crippen molar-refractivity contribution in [2.75, 3.05) is 13.1 Å². The van der Waals surface area contributed by atoms with Gasteiger partial charge in [-0.2, -0.15) is 4.31 Å². The van der Waals surface area contributed by atoms with Crippen LogP contribution in [0.15, 0.2) is 72.1 Å². The highest BCUT2D eigenvalue weighted by Crippen LogP contribution is 2.16. The molecule has 0 aliphatic carbocycles. The van der Waals surface area contributed by atoms with E-state index in [1.54, 1.807) is 24.3 Å². The molecular weight excluding hydrogens is 394 g/mol. The SMILES string of the molecule is C=CC(=O)CCCC#CCN(CC#Cc1ccccc1)S(=O)(=O)c1ccc(C)cc1. The van der Waals surface area contributed by atoms with Crippen molar-refractivity contribution >= 4 is 15.8 Å². The van der Waals surface area contributed by atoms with Crippen LogP contribution in [-0.4, -0.2) is 31.6 Å². The first kappa shape index (κ1) is 23.2. The lowest BCUT2D eigenvalue weighted by molar-refractivity contribution is -0.114. The molecular formula is C25H25NO3S. The number of sulfonamides is 1. The molecule has 0 aliphatic rings. The van der Waals surface area contributed by atoms with Gasteiger partial charge in [0.15, 0.2) is 5.78 Å². The highest BCUT2D eigenvalue weighted by atomic mass is 32.2. The molecule has 0 amide bonds. The highest BCUT2D eigenvalue weighted by Gasteiger charge is 2.22. The van der Waals surface area contributed by atoms with E-state index in [2.05, 4.69) is 30.3 Å². The van der Waals surface area contributed by atoms with Gasteiger partial charge in [-0.3, -0.25) is 4.79 Å². The van der Waals surface area contributed by atoms with E-state index in [0.29, 0.717) is 19.3 Å². The first-order chi connectivity index (χ1) is 14.4. The monoisotopic (exact) mass is 419 g/mol. The van der Waals surface area contributed by atoms with Crippen molar-refractivity contribution in [3.63, 3.8) is 0 Å². The summed E-state index contributed by atoms with van der Waals surface area (Å²) >= 11 is 0. The summed E-state index contributed by atoms with van der Waals surface area (Å²) in [6, 6.07) is 16.1. The second-order valence-corrected chi connectivity index (χ2v) is 8.57. The van der Waals surface area contributed by atoms with Crippen molar-refractivity contribution in [3.05, 3.63) is 78.4 Å². The summed E-state index contributed by atoms with van der Waals surface area (Å²) in [6.45, 7) is 5.42. The van der Waals surface area contributed by atoms with Gasteiger partial charge in [0, 0.05) is 18.4 Å². The molecule has 0 saturated heterocycles. The quantitative estimate of drug-likeness (QED) is 0.370. The van der Waals surface area contributed by atoms with Crippen molar-refractivity contribution in [1.82, 2.24) is 4.31 Å². The average Bonchev–Trinajstić information content (AvgIpc) is 2.75. The third kappa shape index (κ3) is 7.37. The number of hydrogen-bond acceptors (Lipinski definition) is 3. The molecule has 0 spiro atoms. The molecule has 4 nitrogen and oxygen atoms in total. The zero-order valence-corrected chi connectivity index (χ0v) is 17.9. The smallest absolute Gasteiger partial charge is 0.244 e. The number of nitrogens with zero attached hydrogens (tertiary/aromatic N) is 1. The van der Waals surface area contributed by atoms with Gasteiger partial charge in [-0.1, -0.05) is 60.2 Å². The van der Waals surface area contributed by atoms with Crippen LogP contribution in [0.3, 0.4) is 0 Å². The van der Waals surface area contributed by atoms with Gasteiger partial charge in [-0.25, -0.2) is 8.42 Å². The van der Waals surface area contributed by atoms with Crippen LogP contribution >= 0.6 is 0 Å². The summed E-state index contributed by atoms with van der Waals surface area (Å²) in [6.07, 6.45) is 2.84. The number of allylic oxidation sites excluding steroid dienone is 1. The fourth-order valence-electron chi connectivity index (χ4n) is 2.52. The molecule has 0 atom stereocenters. The molecule has 0 unspecified atom stereocenters. The number of unbranched alkanes of at least 4 members (excludes halogenated alkanes) is 1. The molecule has 2 aromatic rings. The van der Waals surface area contributed by atoms with Gasteiger partial charge in [0.1, 0.15) is 0 Å². The maximum Gasteiger partial charge on any atom is 0.244 e. The fourth-order valence-corrected chi connectivity index (χ4v) is 3.77. The van der Waals surface area contributed by atoms with Gasteiger partial charge >= 0.3 is 0 Å². The number of aryl methyl sites for hydroxylation is 1. The van der Waals surface area contributed by atoms with E-state index in [9.17, 15) is 13.2 Å². The van der Waals surface area contributed by atoms with Crippen LogP contribution in [0.25, 0.3) is 0 Å². The molecule has 0 saturated carbocycles. The lowest BCUT2D eigenvalue weighted by Crippen LogP contribution is -2.32. The van der Waals surface area contributed by atoms with E-state index in [1.807, 2.05) is 37.3 Å². The molecule has 0 bridgehead atoms. The van der Waals surface area contributed by atoms with E-state index in [-0.39, 0.29) is 23.8 Å². The Hall–Kier alpha value is -3.12. The molecule has 5 heteroatoms. The Bertz CT molecular complexity index is 1080. The van der Waals surface area contributed by atoms with Gasteiger partial charge in [-0.15, -0.1) is 5.92 Å². The van der Waals surface area contributed by atoms with Gasteiger partial charge < -0.3 is 0 Å². The first-order valence-corrected chi connectivity index (χ1v) is 11.1. The lowest BCUT2D eigenvalue weighted by Gasteiger charge is -2.17. The van der Waals surface area contributed by atoms with Crippen LogP contribution in [0.1, 0.15) is 30.4 Å². The van der Waals surface area contributed by atoms with Crippen LogP contribution in [0.4, 0.5) is 0 Å². The number of carbonyl (C=O) groups is 1. The third-order valence-corrected chi connectivity index (χ3v) is 6.06. The minimum Gasteiger partial charge on any atom is -0.295 e. The molecule has 30 heavy (non-hydrogen) atoms. The maximum absolute atomic E-state index is 13.1. The molecule has 0 radical (unpaired) electrons. The molecule has 0 aromatic heterocycles. The number of rotatable bonds is 8. The Morgan fingerprint density at radius 2 is 1.67 bits per heavy atom. The van der Waals surface area contributed by atoms with Gasteiger partial charge in [-0.05, 0) is 43.7 Å². The number of benzene rings is 2. The first-order valence-electron chi connectivity index (χ1n) is 9.65. The van der Waals surface area contributed by atoms with Crippen molar-refractivity contribution in [2.45, 2.75) is 31.1 Å². The maximum atomic E-state index is 13.1. The second-order valence-electron chi connectivity index (χ2n) is 6.63. The van der Waals surface area contributed by atoms with Crippen LogP contribution in [0, 0.1) is 30.6 Å². The molecule has 0 aliphatic heterocycles. The summed E-state index contributed by atoms with van der Waals surface area (Å²) in [5.41, 5.74) is 1.81. The minimum atomic E-state index is -3.72. The van der Waals surface area contributed by atoms with Crippen molar-refractivity contribution in [2.24, 2.45) is 0 Å². The molecule has 154 valence electrons. The Morgan fingerprint density at radius 1 is 1.00 bits per heavy atom. The summed E-state index contributed by atoms with van der Waals surface area (Å²) in [4.78, 5) is 11.4. The standard InChI is InChI=1S/C25H25NO3S/c1-3-24(27)15-9-4-5-10-20-26(21-11-14-23-12-7-6-8-13-23)30(28,29)25-18-16-22(2)17-19-25/h3,6-8,12-13,16-19H,1,4,9,15,20-21H2,2H3. The molecule has 2 rings (SSSR count). The van der Waals surface area contributed by atoms with E-state index in [4.69, 9.17) is 0 Å². The topological polar surface area (TPSA) is 54.5 Å². The van der Waals surface area contributed by atoms with Crippen molar-refractivity contribution in [3.8, 4) is 23.7 Å². The zero-order chi connectivity index (χ0) is 21.8. The molecule has 2 aromatic carbocycles. The van der Waals surface area contributed by atoms with E-state index in [1.165, 1.54) is 10.4 Å². The normalized spacial score (nSPS) is 10.5. The summed E-state index contributed by atoms with van der Waals surface area (Å²) in [5, 5.41) is 0. The largest absolute Gasteiger partial charge is 0.295 e. The summed E-state index contributed by atoms with van der Waals surface area (Å²) < 4.78 is 27.4. The van der Waals surface area contributed by atoms with Crippen LogP contribution in [0.2, 0.25) is 0 Å². The zero-order valence-electron chi connectivity index (χ0n) is 17.1. The predicted octanol–water partition coefficient (Wildman–Crippen LogP) is 3.97. The Balaban J connectivity index is 2.14. The fraction of sp³-hybridized carbons (Fsp3) is 0.240. The van der Waals surface area contributed by atoms with Crippen LogP contribution in [-0.2, 0) is 14.8 Å². The number of ketones is 1. The Kier molecular flexibility index (Phi) is 9.09. The lowest BCUT2D eigenvalue weighted by atomic mass is 10.2. The summed E-state index contributed by atoms with van der Waals surface area (Å²) in [7, 11) is -3.72. The third-order valence-electron chi connectivity index (χ3n) is 4.25. The second kappa shape index (κ2) is 11.8. The van der Waals surface area contributed by atoms with Crippen molar-refractivity contribution < 1.29 is 13.2 Å². The number of carbonyl (C=O) groups excluding carboxylic acids is 1. The van der Waals surface area contributed by atoms with Crippen LogP contribution in [0.5, 0.6) is 0 Å². The predicted molar refractivity (Wildman–Crippen MR) is 120 cm³/mol. The molecule has 0 heterocycles. The van der Waals surface area contributed by atoms with E-state index in [0.717, 1.165) is 11.1 Å². The molecule has 0 fully saturated rings. The van der Waals surface area contributed by atoms with Crippen LogP contribution < -0.4 is 0 Å². The Morgan fingerprint density at radius 3 is 2.33 bits per heavy atom. The van der Waals surface area contributed by atoms with Gasteiger partial charge in [0.25, 0.3) is 0 Å². The van der Waals surface area contributed by atoms with Gasteiger partial charge in [0.05, 0.1) is 18.0 Å². The number of hydrogen-bond donors (Lipinski definition) is 0. The minimum absolute atomic E-state index is 0.0171. The Labute approximate surface area is 179 Å². The van der Waals surface area contributed by atoms with E-state index >= 15 is 0 Å². The average molecular weight is 420 g/mol. The van der Waals surface area contributed by atoms with Gasteiger partial charge in [0.2, 0.25) is 10.0 Å².